The minimum atomic E-state index is 0.210. The molecular weight excluding hydrogens is 300 g/mol. The van der Waals surface area contributed by atoms with E-state index in [1.165, 1.54) is 0 Å². The molecule has 4 aromatic rings. The number of H-pyrrole nitrogens is 2. The highest BCUT2D eigenvalue weighted by Gasteiger charge is 2.12. The summed E-state index contributed by atoms with van der Waals surface area (Å²) in [5.74, 6) is 0.701. The number of benzene rings is 1. The fourth-order valence-corrected chi connectivity index (χ4v) is 2.76. The molecule has 0 saturated carbocycles. The molecule has 0 bridgehead atoms. The summed E-state index contributed by atoms with van der Waals surface area (Å²) >= 11 is 6.02. The predicted octanol–water partition coefficient (Wildman–Crippen LogP) is 3.79. The first-order valence-electron chi connectivity index (χ1n) is 6.98. The lowest BCUT2D eigenvalue weighted by Gasteiger charge is -2.08. The molecule has 1 aromatic carbocycles. The van der Waals surface area contributed by atoms with E-state index in [2.05, 4.69) is 37.4 Å². The second-order valence-electron chi connectivity index (χ2n) is 5.03. The molecule has 3 heterocycles. The fourth-order valence-electron chi connectivity index (χ4n) is 2.59. The van der Waals surface area contributed by atoms with Crippen LogP contribution < -0.4 is 5.32 Å². The van der Waals surface area contributed by atoms with Crippen LogP contribution in [-0.2, 0) is 6.42 Å². The van der Waals surface area contributed by atoms with Gasteiger partial charge < -0.3 is 10.3 Å². The highest BCUT2D eigenvalue weighted by Crippen LogP contribution is 2.29. The first-order chi connectivity index (χ1) is 10.7. The topological polar surface area (TPSA) is 82.3 Å². The van der Waals surface area contributed by atoms with Crippen LogP contribution in [0.2, 0.25) is 5.28 Å². The molecule has 0 aliphatic carbocycles. The Morgan fingerprint density at radius 3 is 3.05 bits per heavy atom. The van der Waals surface area contributed by atoms with Crippen LogP contribution in [0.4, 0.5) is 11.5 Å². The number of aromatic amines is 2. The van der Waals surface area contributed by atoms with Gasteiger partial charge in [-0.15, -0.1) is 0 Å². The average Bonchev–Trinajstić information content (AvgIpc) is 3.12. The van der Waals surface area contributed by atoms with E-state index in [1.54, 1.807) is 6.20 Å². The zero-order valence-corrected chi connectivity index (χ0v) is 12.6. The molecule has 7 heteroatoms. The van der Waals surface area contributed by atoms with E-state index in [-0.39, 0.29) is 5.28 Å². The third-order valence-corrected chi connectivity index (χ3v) is 3.84. The van der Waals surface area contributed by atoms with Crippen LogP contribution >= 0.6 is 11.6 Å². The van der Waals surface area contributed by atoms with Crippen molar-refractivity contribution in [1.82, 2.24) is 25.1 Å². The summed E-state index contributed by atoms with van der Waals surface area (Å²) in [6.07, 6.45) is 4.62. The van der Waals surface area contributed by atoms with Gasteiger partial charge in [-0.2, -0.15) is 15.1 Å². The Morgan fingerprint density at radius 2 is 2.18 bits per heavy atom. The van der Waals surface area contributed by atoms with Gasteiger partial charge in [0.2, 0.25) is 5.28 Å². The quantitative estimate of drug-likeness (QED) is 0.503. The van der Waals surface area contributed by atoms with Crippen molar-refractivity contribution in [3.05, 3.63) is 41.4 Å². The molecule has 4 rings (SSSR count). The van der Waals surface area contributed by atoms with Crippen molar-refractivity contribution in [3.63, 3.8) is 0 Å². The largest absolute Gasteiger partial charge is 0.346 e. The fraction of sp³-hybridized carbons (Fsp3) is 0.133. The Kier molecular flexibility index (Phi) is 2.97. The Hall–Kier alpha value is -2.60. The van der Waals surface area contributed by atoms with Gasteiger partial charge in [0.15, 0.2) is 0 Å². The molecule has 0 radical (unpaired) electrons. The number of aryl methyl sites for hydroxylation is 1. The number of nitrogens with zero attached hydrogens (tertiary/aromatic N) is 3. The number of hydrogen-bond donors (Lipinski definition) is 3. The summed E-state index contributed by atoms with van der Waals surface area (Å²) in [6, 6.07) is 5.97. The molecular formula is C15H13ClN6. The maximum atomic E-state index is 6.02. The van der Waals surface area contributed by atoms with Crippen molar-refractivity contribution < 1.29 is 0 Å². The number of halogens is 1. The van der Waals surface area contributed by atoms with Gasteiger partial charge >= 0.3 is 0 Å². The average molecular weight is 313 g/mol. The standard InChI is InChI=1S/C15H13ClN6/c1-2-8-6-17-13-12(8)14(21-15(16)20-13)19-10-4-3-9-7-18-22-11(9)5-10/h3-7H,2H2,1H3,(H,18,22)(H2,17,19,20,21). The smallest absolute Gasteiger partial charge is 0.226 e. The van der Waals surface area contributed by atoms with Crippen LogP contribution in [-0.4, -0.2) is 25.1 Å². The van der Waals surface area contributed by atoms with Crippen molar-refractivity contribution in [2.45, 2.75) is 13.3 Å². The summed E-state index contributed by atoms with van der Waals surface area (Å²) in [5, 5.41) is 12.6. The number of fused-ring (bicyclic) bond motifs is 2. The minimum Gasteiger partial charge on any atom is -0.346 e. The predicted molar refractivity (Wildman–Crippen MR) is 87.7 cm³/mol. The molecule has 6 nitrogen and oxygen atoms in total. The molecule has 0 spiro atoms. The lowest BCUT2D eigenvalue weighted by molar-refractivity contribution is 1.12. The van der Waals surface area contributed by atoms with Crippen LogP contribution in [0.15, 0.2) is 30.6 Å². The van der Waals surface area contributed by atoms with Gasteiger partial charge in [-0.05, 0) is 41.8 Å². The molecule has 0 amide bonds. The van der Waals surface area contributed by atoms with E-state index in [1.807, 2.05) is 24.4 Å². The molecule has 0 aliphatic rings. The summed E-state index contributed by atoms with van der Waals surface area (Å²) in [6.45, 7) is 2.09. The van der Waals surface area contributed by atoms with Gasteiger partial charge in [0.1, 0.15) is 11.5 Å². The first kappa shape index (κ1) is 13.1. The Bertz CT molecular complexity index is 971. The number of nitrogens with one attached hydrogen (secondary N) is 3. The lowest BCUT2D eigenvalue weighted by atomic mass is 10.2. The van der Waals surface area contributed by atoms with E-state index < -0.39 is 0 Å². The summed E-state index contributed by atoms with van der Waals surface area (Å²) in [7, 11) is 0. The van der Waals surface area contributed by atoms with Crippen molar-refractivity contribution in [2.24, 2.45) is 0 Å². The van der Waals surface area contributed by atoms with Crippen LogP contribution in [0, 0.1) is 0 Å². The maximum Gasteiger partial charge on any atom is 0.226 e. The Balaban J connectivity index is 1.84. The molecule has 0 fully saturated rings. The second kappa shape index (κ2) is 4.99. The number of rotatable bonds is 3. The van der Waals surface area contributed by atoms with Crippen LogP contribution in [0.1, 0.15) is 12.5 Å². The van der Waals surface area contributed by atoms with E-state index in [0.717, 1.165) is 39.6 Å². The van der Waals surface area contributed by atoms with Gasteiger partial charge in [-0.3, -0.25) is 5.10 Å². The van der Waals surface area contributed by atoms with Gasteiger partial charge in [-0.1, -0.05) is 6.92 Å². The molecule has 110 valence electrons. The normalized spacial score (nSPS) is 11.4. The maximum absolute atomic E-state index is 6.02. The number of hydrogen-bond acceptors (Lipinski definition) is 4. The van der Waals surface area contributed by atoms with Gasteiger partial charge in [0, 0.05) is 17.3 Å². The van der Waals surface area contributed by atoms with Gasteiger partial charge in [0.05, 0.1) is 17.1 Å². The molecule has 0 unspecified atom stereocenters. The third-order valence-electron chi connectivity index (χ3n) is 3.67. The zero-order valence-electron chi connectivity index (χ0n) is 11.8. The Morgan fingerprint density at radius 1 is 1.27 bits per heavy atom. The third kappa shape index (κ3) is 2.08. The van der Waals surface area contributed by atoms with Crippen molar-refractivity contribution in [2.75, 3.05) is 5.32 Å². The van der Waals surface area contributed by atoms with E-state index in [9.17, 15) is 0 Å². The molecule has 0 atom stereocenters. The Labute approximate surface area is 130 Å². The summed E-state index contributed by atoms with van der Waals surface area (Å²) in [5.41, 5.74) is 3.76. The first-order valence-corrected chi connectivity index (χ1v) is 7.36. The summed E-state index contributed by atoms with van der Waals surface area (Å²) < 4.78 is 0. The van der Waals surface area contributed by atoms with Gasteiger partial charge in [-0.25, -0.2) is 0 Å². The lowest BCUT2D eigenvalue weighted by Crippen LogP contribution is -1.97. The molecule has 0 saturated heterocycles. The molecule has 3 aromatic heterocycles. The van der Waals surface area contributed by atoms with Crippen LogP contribution in [0.3, 0.4) is 0 Å². The number of anilines is 2. The highest BCUT2D eigenvalue weighted by molar-refractivity contribution is 6.28. The molecule has 22 heavy (non-hydrogen) atoms. The minimum absolute atomic E-state index is 0.210. The summed E-state index contributed by atoms with van der Waals surface area (Å²) in [4.78, 5) is 11.7. The highest BCUT2D eigenvalue weighted by atomic mass is 35.5. The van der Waals surface area contributed by atoms with Crippen molar-refractivity contribution in [3.8, 4) is 0 Å². The van der Waals surface area contributed by atoms with Crippen LogP contribution in [0.5, 0.6) is 0 Å². The van der Waals surface area contributed by atoms with E-state index in [0.29, 0.717) is 5.82 Å². The van der Waals surface area contributed by atoms with E-state index in [4.69, 9.17) is 11.6 Å². The van der Waals surface area contributed by atoms with Crippen molar-refractivity contribution in [1.29, 1.82) is 0 Å². The second-order valence-corrected chi connectivity index (χ2v) is 5.37. The van der Waals surface area contributed by atoms with E-state index >= 15 is 0 Å². The van der Waals surface area contributed by atoms with Crippen molar-refractivity contribution >= 4 is 45.0 Å². The molecule has 0 aliphatic heterocycles. The SMILES string of the molecule is CCc1c[nH]c2nc(Cl)nc(Nc3ccc4cn[nH]c4c3)c12. The monoisotopic (exact) mass is 312 g/mol. The zero-order chi connectivity index (χ0) is 15.1. The number of aromatic nitrogens is 5. The van der Waals surface area contributed by atoms with Gasteiger partial charge in [0.25, 0.3) is 0 Å². The van der Waals surface area contributed by atoms with Crippen LogP contribution in [0.25, 0.3) is 21.9 Å². The molecule has 3 N–H and O–H groups in total.